The number of amides is 2. The number of aromatic amines is 1. The Morgan fingerprint density at radius 2 is 1.53 bits per heavy atom. The van der Waals surface area contributed by atoms with Crippen LogP contribution in [-0.4, -0.2) is 50.3 Å². The number of para-hydroxylation sites is 1. The predicted molar refractivity (Wildman–Crippen MR) is 188 cm³/mol. The van der Waals surface area contributed by atoms with Gasteiger partial charge < -0.3 is 30.0 Å². The van der Waals surface area contributed by atoms with Gasteiger partial charge in [0.2, 0.25) is 11.8 Å². The highest BCUT2D eigenvalue weighted by Crippen LogP contribution is 2.26. The van der Waals surface area contributed by atoms with Gasteiger partial charge >= 0.3 is 0 Å². The summed E-state index contributed by atoms with van der Waals surface area (Å²) < 4.78 is 7.47. The fourth-order valence-corrected chi connectivity index (χ4v) is 5.94. The van der Waals surface area contributed by atoms with Crippen LogP contribution in [0.2, 0.25) is 0 Å². The maximum absolute atomic E-state index is 13.5. The van der Waals surface area contributed by atoms with Crippen LogP contribution in [0.4, 0.5) is 0 Å². The van der Waals surface area contributed by atoms with Gasteiger partial charge in [-0.25, -0.2) is 0 Å². The van der Waals surface area contributed by atoms with Crippen LogP contribution in [0.15, 0.2) is 109 Å². The molecule has 0 aliphatic carbocycles. The summed E-state index contributed by atoms with van der Waals surface area (Å²) in [7, 11) is 1.64. The average Bonchev–Trinajstić information content (AvgIpc) is 3.73. The number of aryl methyl sites for hydroxylation is 3. The normalized spacial score (nSPS) is 11.7. The molecule has 4 aromatic carbocycles. The first kappa shape index (κ1) is 33.0. The number of aromatic hydroxyl groups is 1. The Hall–Kier alpha value is -5.90. The largest absolute Gasteiger partial charge is 0.508 e. The molecule has 250 valence electrons. The van der Waals surface area contributed by atoms with E-state index >= 15 is 0 Å². The highest BCUT2D eigenvalue weighted by atomic mass is 16.5. The van der Waals surface area contributed by atoms with E-state index in [1.165, 1.54) is 5.56 Å². The monoisotopic (exact) mass is 656 g/mol. The van der Waals surface area contributed by atoms with Gasteiger partial charge in [0.1, 0.15) is 17.3 Å². The van der Waals surface area contributed by atoms with Crippen molar-refractivity contribution in [2.75, 3.05) is 13.7 Å². The molecular weight excluding hydrogens is 616 g/mol. The molecule has 2 aromatic heterocycles. The Labute approximate surface area is 285 Å². The third-order valence-corrected chi connectivity index (χ3v) is 8.60. The molecule has 0 spiro atoms. The van der Waals surface area contributed by atoms with E-state index in [4.69, 9.17) is 9.84 Å². The molecule has 0 radical (unpaired) electrons. The third kappa shape index (κ3) is 8.72. The van der Waals surface area contributed by atoms with Crippen molar-refractivity contribution in [3.8, 4) is 11.5 Å². The number of nitrogens with one attached hydrogen (secondary N) is 3. The number of rotatable bonds is 15. The Morgan fingerprint density at radius 3 is 2.31 bits per heavy atom. The summed E-state index contributed by atoms with van der Waals surface area (Å²) in [5.74, 6) is 1.84. The average molecular weight is 657 g/mol. The van der Waals surface area contributed by atoms with Crippen molar-refractivity contribution in [1.82, 2.24) is 30.4 Å². The number of phenolic OH excluding ortho intramolecular Hbond substituents is 1. The number of ether oxygens (including phenoxy) is 1. The van der Waals surface area contributed by atoms with E-state index in [0.29, 0.717) is 31.6 Å². The van der Waals surface area contributed by atoms with Crippen LogP contribution in [0, 0.1) is 0 Å². The summed E-state index contributed by atoms with van der Waals surface area (Å²) in [6.07, 6.45) is 4.60. The number of carbonyl (C=O) groups excluding carboxylic acids is 2. The number of benzene rings is 4. The molecule has 0 aliphatic rings. The van der Waals surface area contributed by atoms with Crippen LogP contribution in [0.25, 0.3) is 10.9 Å². The topological polar surface area (TPSA) is 134 Å². The molecule has 2 amide bonds. The van der Waals surface area contributed by atoms with Crippen LogP contribution in [0.1, 0.15) is 46.4 Å². The highest BCUT2D eigenvalue weighted by molar-refractivity contribution is 5.85. The molecule has 6 rings (SSSR count). The second kappa shape index (κ2) is 15.8. The van der Waals surface area contributed by atoms with Gasteiger partial charge in [0.15, 0.2) is 5.82 Å². The molecule has 0 fully saturated rings. The summed E-state index contributed by atoms with van der Waals surface area (Å²) in [6, 6.07) is 32.4. The third-order valence-electron chi connectivity index (χ3n) is 8.60. The van der Waals surface area contributed by atoms with Crippen molar-refractivity contribution < 1.29 is 19.4 Å². The fourth-order valence-electron chi connectivity index (χ4n) is 5.94. The minimum absolute atomic E-state index is 0.174. The Morgan fingerprint density at radius 1 is 0.816 bits per heavy atom. The van der Waals surface area contributed by atoms with Gasteiger partial charge in [-0.3, -0.25) is 9.59 Å². The molecule has 2 heterocycles. The van der Waals surface area contributed by atoms with Gasteiger partial charge in [-0.05, 0) is 65.4 Å². The Bertz CT molecular complexity index is 1980. The minimum atomic E-state index is -0.531. The molecule has 10 heteroatoms. The highest BCUT2D eigenvalue weighted by Gasteiger charge is 2.25. The Balaban J connectivity index is 1.24. The van der Waals surface area contributed by atoms with Crippen molar-refractivity contribution in [3.05, 3.63) is 143 Å². The Kier molecular flexibility index (Phi) is 10.6. The molecule has 4 N–H and O–H groups in total. The molecule has 6 aromatic rings. The first-order chi connectivity index (χ1) is 23.9. The van der Waals surface area contributed by atoms with Crippen LogP contribution in [-0.2, 0) is 41.8 Å². The van der Waals surface area contributed by atoms with Gasteiger partial charge in [-0.1, -0.05) is 72.8 Å². The zero-order chi connectivity index (χ0) is 34.0. The molecule has 10 nitrogen and oxygen atoms in total. The molecule has 0 unspecified atom stereocenters. The summed E-state index contributed by atoms with van der Waals surface area (Å²) in [6.45, 7) is 0.330. The number of hydrogen-bond donors (Lipinski definition) is 4. The maximum Gasteiger partial charge on any atom is 0.239 e. The van der Waals surface area contributed by atoms with E-state index in [1.54, 1.807) is 31.4 Å². The molecule has 0 saturated heterocycles. The fraction of sp³-hybridized carbons (Fsp3) is 0.231. The first-order valence-corrected chi connectivity index (χ1v) is 16.4. The number of carbonyl (C=O) groups is 2. The maximum atomic E-state index is 13.5. The van der Waals surface area contributed by atoms with E-state index in [-0.39, 0.29) is 30.5 Å². The van der Waals surface area contributed by atoms with Gasteiger partial charge in [0.25, 0.3) is 0 Å². The standard InChI is InChI=1S/C39H40N6O4/c1-49-32-19-13-29(14-20-32)26-45-36(21-15-27-7-3-2-4-8-27)43-44-39(45)35(23-30-24-40-34-10-6-5-9-33(30)34)42-38(48)25-41-37(47)22-16-28-11-17-31(46)18-12-28/h2-14,17-20,24,35,40,46H,15-16,21-23,25-26H2,1H3,(H,41,47)(H,42,48)/t35-/m1/s1. The smallest absolute Gasteiger partial charge is 0.239 e. The zero-order valence-corrected chi connectivity index (χ0v) is 27.4. The number of nitrogens with zero attached hydrogens (tertiary/aromatic N) is 3. The SMILES string of the molecule is COc1ccc(Cn2c(CCc3ccccc3)nnc2[C@@H](Cc2c[nH]c3ccccc23)NC(=O)CNC(=O)CCc2ccc(O)cc2)cc1. The number of methoxy groups -OCH3 is 1. The molecular formula is C39H40N6O4. The van der Waals surface area contributed by atoms with Gasteiger partial charge in [0, 0.05) is 36.4 Å². The van der Waals surface area contributed by atoms with Crippen molar-refractivity contribution in [3.63, 3.8) is 0 Å². The molecule has 0 aliphatic heterocycles. The van der Waals surface area contributed by atoms with Crippen molar-refractivity contribution >= 4 is 22.7 Å². The van der Waals surface area contributed by atoms with E-state index in [9.17, 15) is 14.7 Å². The first-order valence-electron chi connectivity index (χ1n) is 16.4. The number of fused-ring (bicyclic) bond motifs is 1. The number of phenols is 1. The van der Waals surface area contributed by atoms with Crippen LogP contribution >= 0.6 is 0 Å². The lowest BCUT2D eigenvalue weighted by Gasteiger charge is -2.20. The van der Waals surface area contributed by atoms with Gasteiger partial charge in [0.05, 0.1) is 26.2 Å². The lowest BCUT2D eigenvalue weighted by Crippen LogP contribution is -2.40. The lowest BCUT2D eigenvalue weighted by atomic mass is 10.0. The van der Waals surface area contributed by atoms with Gasteiger partial charge in [-0.2, -0.15) is 0 Å². The van der Waals surface area contributed by atoms with E-state index in [1.807, 2.05) is 66.9 Å². The van der Waals surface area contributed by atoms with E-state index < -0.39 is 6.04 Å². The summed E-state index contributed by atoms with van der Waals surface area (Å²) in [5, 5.41) is 25.9. The summed E-state index contributed by atoms with van der Waals surface area (Å²) in [4.78, 5) is 29.5. The van der Waals surface area contributed by atoms with Crippen LogP contribution in [0.5, 0.6) is 11.5 Å². The van der Waals surface area contributed by atoms with Crippen molar-refractivity contribution in [2.24, 2.45) is 0 Å². The molecule has 0 saturated carbocycles. The second-order valence-corrected chi connectivity index (χ2v) is 12.0. The van der Waals surface area contributed by atoms with Crippen molar-refractivity contribution in [2.45, 2.75) is 44.7 Å². The predicted octanol–water partition coefficient (Wildman–Crippen LogP) is 5.46. The zero-order valence-electron chi connectivity index (χ0n) is 27.4. The lowest BCUT2D eigenvalue weighted by molar-refractivity contribution is -0.126. The van der Waals surface area contributed by atoms with Crippen molar-refractivity contribution in [1.29, 1.82) is 0 Å². The summed E-state index contributed by atoms with van der Waals surface area (Å²) >= 11 is 0. The van der Waals surface area contributed by atoms with E-state index in [2.05, 4.69) is 43.5 Å². The molecule has 1 atom stereocenters. The molecule has 0 bridgehead atoms. The number of H-pyrrole nitrogens is 1. The second-order valence-electron chi connectivity index (χ2n) is 12.0. The van der Waals surface area contributed by atoms with Crippen LogP contribution < -0.4 is 15.4 Å². The van der Waals surface area contributed by atoms with Crippen LogP contribution in [0.3, 0.4) is 0 Å². The van der Waals surface area contributed by atoms with E-state index in [0.717, 1.165) is 45.6 Å². The number of aromatic nitrogens is 4. The number of hydrogen-bond acceptors (Lipinski definition) is 6. The minimum Gasteiger partial charge on any atom is -0.508 e. The van der Waals surface area contributed by atoms with Gasteiger partial charge in [-0.15, -0.1) is 10.2 Å². The molecule has 49 heavy (non-hydrogen) atoms. The summed E-state index contributed by atoms with van der Waals surface area (Å²) in [5.41, 5.74) is 5.21. The quantitative estimate of drug-likeness (QED) is 0.116.